The number of aryl methyl sites for hydroxylation is 1. The van der Waals surface area contributed by atoms with E-state index in [2.05, 4.69) is 31.5 Å². The fraction of sp³-hybridized carbons (Fsp3) is 0.465. The first-order chi connectivity index (χ1) is 26.0. The predicted molar refractivity (Wildman–Crippen MR) is 215 cm³/mol. The molecule has 1 fully saturated rings. The second kappa shape index (κ2) is 17.9. The fourth-order valence-electron chi connectivity index (χ4n) is 6.72. The lowest BCUT2D eigenvalue weighted by molar-refractivity contribution is -0.130. The van der Waals surface area contributed by atoms with Crippen molar-refractivity contribution in [1.29, 1.82) is 0 Å². The number of nitrogens with one attached hydrogen (secondary N) is 5. The van der Waals surface area contributed by atoms with Crippen molar-refractivity contribution < 1.29 is 28.7 Å². The molecule has 4 amide bonds. The van der Waals surface area contributed by atoms with Crippen molar-refractivity contribution in [1.82, 2.24) is 26.1 Å². The van der Waals surface area contributed by atoms with Gasteiger partial charge in [0, 0.05) is 42.1 Å². The molecule has 1 aromatic heterocycles. The third-order valence-corrected chi connectivity index (χ3v) is 9.61. The van der Waals surface area contributed by atoms with Crippen LogP contribution in [-0.2, 0) is 25.5 Å². The number of nitrogens with zero attached hydrogens (tertiary/aromatic N) is 1. The van der Waals surface area contributed by atoms with Crippen LogP contribution < -0.4 is 21.3 Å². The number of carbonyl (C=O) groups excluding carboxylic acids is 4. The van der Waals surface area contributed by atoms with Gasteiger partial charge in [0.15, 0.2) is 0 Å². The molecular weight excluding hydrogens is 697 g/mol. The van der Waals surface area contributed by atoms with E-state index in [1.165, 1.54) is 0 Å². The minimum absolute atomic E-state index is 0.151. The summed E-state index contributed by atoms with van der Waals surface area (Å²) in [4.78, 5) is 52.4. The normalized spacial score (nSPS) is 16.6. The number of alkyl carbamates (subject to hydrolysis) is 1. The Balaban J connectivity index is 1.22. The number of amides is 4. The molecule has 1 aliphatic rings. The van der Waals surface area contributed by atoms with Crippen molar-refractivity contribution in [3.05, 3.63) is 83.6 Å². The van der Waals surface area contributed by atoms with Gasteiger partial charge in [0.1, 0.15) is 11.6 Å². The summed E-state index contributed by atoms with van der Waals surface area (Å²) in [6.07, 6.45) is 4.47. The summed E-state index contributed by atoms with van der Waals surface area (Å²) < 4.78 is 11.1. The van der Waals surface area contributed by atoms with Gasteiger partial charge in [0.2, 0.25) is 11.8 Å². The highest BCUT2D eigenvalue weighted by Crippen LogP contribution is 2.29. The molecule has 12 nitrogen and oxygen atoms in total. The average molecular weight is 753 g/mol. The van der Waals surface area contributed by atoms with Crippen LogP contribution in [0.25, 0.3) is 22.0 Å². The molecule has 1 heterocycles. The van der Waals surface area contributed by atoms with Crippen LogP contribution in [0.3, 0.4) is 0 Å². The molecule has 5 N–H and O–H groups in total. The van der Waals surface area contributed by atoms with Crippen LogP contribution in [0, 0.1) is 18.8 Å². The summed E-state index contributed by atoms with van der Waals surface area (Å²) in [7, 11) is 0. The van der Waals surface area contributed by atoms with Crippen LogP contribution in [-0.4, -0.2) is 71.0 Å². The highest BCUT2D eigenvalue weighted by Gasteiger charge is 2.30. The van der Waals surface area contributed by atoms with Crippen LogP contribution in [0.5, 0.6) is 0 Å². The Kier molecular flexibility index (Phi) is 13.4. The van der Waals surface area contributed by atoms with E-state index in [1.54, 1.807) is 6.20 Å². The summed E-state index contributed by atoms with van der Waals surface area (Å²) in [5.74, 6) is -0.604. The molecule has 0 unspecified atom stereocenters. The minimum Gasteiger partial charge on any atom is -0.444 e. The number of carbonyl (C=O) groups is 4. The van der Waals surface area contributed by atoms with Gasteiger partial charge in [-0.15, -0.1) is 0 Å². The molecule has 0 bridgehead atoms. The topological polar surface area (TPSA) is 164 Å². The van der Waals surface area contributed by atoms with Crippen molar-refractivity contribution in [2.75, 3.05) is 25.0 Å². The van der Waals surface area contributed by atoms with Crippen LogP contribution in [0.2, 0.25) is 0 Å². The number of H-pyrrole nitrogens is 1. The van der Waals surface area contributed by atoms with Crippen molar-refractivity contribution in [3.63, 3.8) is 0 Å². The van der Waals surface area contributed by atoms with Gasteiger partial charge in [-0.2, -0.15) is 5.10 Å². The highest BCUT2D eigenvalue weighted by molar-refractivity contribution is 5.99. The molecule has 3 aromatic carbocycles. The number of fused-ring (bicyclic) bond motifs is 1. The smallest absolute Gasteiger partial charge is 0.407 e. The van der Waals surface area contributed by atoms with Crippen molar-refractivity contribution >= 4 is 40.4 Å². The third-order valence-electron chi connectivity index (χ3n) is 9.61. The standard InChI is InChI=1S/C43H56N6O6/c1-27-22-32(38(50)44-20-21-54-42(2,3)4)17-19-35(27)30-12-8-28(9-13-30)23-37(40(52)47-34-18-16-33-26-46-49-36(33)24-34)48-39(51)31-14-10-29(11-15-31)25-45-41(53)55-43(5,6)7/h8-9,12-13,16-19,22,24,26,29,31,37H,10-11,14-15,20-21,23,25H2,1-7H3,(H,44,50)(H,45,53)(H,46,49)(H,47,52)(H,48,51)/t29?,31?,37-/m0/s1. The van der Waals surface area contributed by atoms with E-state index < -0.39 is 17.7 Å². The molecule has 12 heteroatoms. The monoisotopic (exact) mass is 752 g/mol. The first-order valence-electron chi connectivity index (χ1n) is 19.2. The second-order valence-electron chi connectivity index (χ2n) is 16.5. The first-order valence-corrected chi connectivity index (χ1v) is 19.2. The quantitative estimate of drug-likeness (QED) is 0.0912. The van der Waals surface area contributed by atoms with Gasteiger partial charge in [-0.25, -0.2) is 4.79 Å². The Bertz CT molecular complexity index is 1950. The Morgan fingerprint density at radius 3 is 2.27 bits per heavy atom. The van der Waals surface area contributed by atoms with E-state index in [9.17, 15) is 19.2 Å². The largest absolute Gasteiger partial charge is 0.444 e. The zero-order valence-corrected chi connectivity index (χ0v) is 33.1. The van der Waals surface area contributed by atoms with Gasteiger partial charge < -0.3 is 30.7 Å². The number of aromatic amines is 1. The number of rotatable bonds is 13. The van der Waals surface area contributed by atoms with Crippen molar-refractivity contribution in [2.45, 2.75) is 97.8 Å². The van der Waals surface area contributed by atoms with Crippen molar-refractivity contribution in [2.24, 2.45) is 11.8 Å². The van der Waals surface area contributed by atoms with E-state index in [1.807, 2.05) is 109 Å². The molecule has 294 valence electrons. The maximum atomic E-state index is 13.8. The van der Waals surface area contributed by atoms with Crippen molar-refractivity contribution in [3.8, 4) is 11.1 Å². The van der Waals surface area contributed by atoms with Gasteiger partial charge in [-0.3, -0.25) is 19.5 Å². The Hall–Kier alpha value is -5.23. The Morgan fingerprint density at radius 2 is 1.60 bits per heavy atom. The van der Waals surface area contributed by atoms with Crippen LogP contribution >= 0.6 is 0 Å². The lowest BCUT2D eigenvalue weighted by Gasteiger charge is -2.29. The molecule has 5 rings (SSSR count). The fourth-order valence-corrected chi connectivity index (χ4v) is 6.72. The van der Waals surface area contributed by atoms with Crippen LogP contribution in [0.4, 0.5) is 10.5 Å². The van der Waals surface area contributed by atoms with E-state index in [-0.39, 0.29) is 41.6 Å². The van der Waals surface area contributed by atoms with E-state index in [0.717, 1.165) is 46.0 Å². The lowest BCUT2D eigenvalue weighted by Crippen LogP contribution is -2.48. The molecule has 0 radical (unpaired) electrons. The van der Waals surface area contributed by atoms with Crippen LogP contribution in [0.1, 0.15) is 88.7 Å². The number of hydrogen-bond acceptors (Lipinski definition) is 7. The predicted octanol–water partition coefficient (Wildman–Crippen LogP) is 7.08. The first kappa shape index (κ1) is 40.9. The summed E-state index contributed by atoms with van der Waals surface area (Å²) in [5, 5.41) is 19.8. The number of ether oxygens (including phenoxy) is 2. The van der Waals surface area contributed by atoms with Gasteiger partial charge in [0.05, 0.1) is 23.9 Å². The SMILES string of the molecule is Cc1cc(C(=O)NCCOC(C)(C)C)ccc1-c1ccc(C[C@H](NC(=O)C2CCC(CNC(=O)OC(C)(C)C)CC2)C(=O)Nc2ccc3cn[nH]c3c2)cc1. The summed E-state index contributed by atoms with van der Waals surface area (Å²) in [6, 6.07) is 18.3. The van der Waals surface area contributed by atoms with Gasteiger partial charge in [-0.1, -0.05) is 30.3 Å². The van der Waals surface area contributed by atoms with E-state index >= 15 is 0 Å². The summed E-state index contributed by atoms with van der Waals surface area (Å²) in [6.45, 7) is 14.8. The average Bonchev–Trinajstić information content (AvgIpc) is 3.60. The van der Waals surface area contributed by atoms with Gasteiger partial charge in [0.25, 0.3) is 5.91 Å². The maximum absolute atomic E-state index is 13.8. The molecule has 0 aliphatic heterocycles. The minimum atomic E-state index is -0.823. The molecule has 55 heavy (non-hydrogen) atoms. The molecule has 0 spiro atoms. The molecule has 1 atom stereocenters. The summed E-state index contributed by atoms with van der Waals surface area (Å²) >= 11 is 0. The number of anilines is 1. The molecule has 1 aliphatic carbocycles. The third kappa shape index (κ3) is 12.4. The Morgan fingerprint density at radius 1 is 0.873 bits per heavy atom. The molecule has 0 saturated heterocycles. The maximum Gasteiger partial charge on any atom is 0.407 e. The lowest BCUT2D eigenvalue weighted by atomic mass is 9.81. The van der Waals surface area contributed by atoms with E-state index in [0.29, 0.717) is 43.8 Å². The Labute approximate surface area is 323 Å². The van der Waals surface area contributed by atoms with E-state index in [4.69, 9.17) is 9.47 Å². The number of hydrogen-bond donors (Lipinski definition) is 5. The molecule has 4 aromatic rings. The molecule has 1 saturated carbocycles. The number of aromatic nitrogens is 2. The van der Waals surface area contributed by atoms with Gasteiger partial charge in [-0.05, 0) is 133 Å². The number of benzene rings is 3. The zero-order valence-electron chi connectivity index (χ0n) is 33.1. The summed E-state index contributed by atoms with van der Waals surface area (Å²) in [5.41, 5.74) is 4.95. The zero-order chi connectivity index (χ0) is 39.8. The highest BCUT2D eigenvalue weighted by atomic mass is 16.6. The second-order valence-corrected chi connectivity index (χ2v) is 16.5. The van der Waals surface area contributed by atoms with Crippen LogP contribution in [0.15, 0.2) is 66.9 Å². The molecular formula is C43H56N6O6. The van der Waals surface area contributed by atoms with Gasteiger partial charge >= 0.3 is 6.09 Å².